The molecule has 2 N–H and O–H groups in total. The van der Waals surface area contributed by atoms with Gasteiger partial charge in [-0.3, -0.25) is 9.59 Å². The van der Waals surface area contributed by atoms with Crippen LogP contribution in [0, 0.1) is 13.8 Å². The van der Waals surface area contributed by atoms with Crippen molar-refractivity contribution in [1.82, 2.24) is 19.7 Å². The van der Waals surface area contributed by atoms with Crippen molar-refractivity contribution < 1.29 is 4.79 Å². The fourth-order valence-electron chi connectivity index (χ4n) is 2.88. The lowest BCUT2D eigenvalue weighted by Gasteiger charge is -2.06. The molecule has 0 aliphatic rings. The van der Waals surface area contributed by atoms with Crippen molar-refractivity contribution in [2.75, 3.05) is 11.1 Å². The summed E-state index contributed by atoms with van der Waals surface area (Å²) in [4.78, 5) is 31.9. The Hall–Kier alpha value is -3.39. The number of nitrogens with one attached hydrogen (secondary N) is 2. The number of nitrogens with zero attached hydrogens (tertiary/aromatic N) is 3. The number of hydrogen-bond donors (Lipinski definition) is 2. The number of hydrogen-bond acceptors (Lipinski definition) is 5. The minimum atomic E-state index is -0.282. The van der Waals surface area contributed by atoms with E-state index in [9.17, 15) is 9.59 Å². The molecule has 146 valence electrons. The minimum Gasteiger partial charge on any atom is -0.325 e. The molecule has 0 atom stereocenters. The molecule has 2 aromatic heterocycles. The molecule has 1 amide bonds. The molecule has 8 heteroatoms. The highest BCUT2D eigenvalue weighted by Gasteiger charge is 2.13. The maximum absolute atomic E-state index is 12.4. The number of anilines is 1. The van der Waals surface area contributed by atoms with E-state index in [-0.39, 0.29) is 17.2 Å². The number of fused-ring (bicyclic) bond motifs is 1. The van der Waals surface area contributed by atoms with E-state index in [0.29, 0.717) is 16.2 Å². The second-order valence-corrected chi connectivity index (χ2v) is 7.67. The van der Waals surface area contributed by atoms with E-state index in [1.54, 1.807) is 4.68 Å². The van der Waals surface area contributed by atoms with Gasteiger partial charge in [0.05, 0.1) is 17.6 Å². The molecule has 0 saturated carbocycles. The van der Waals surface area contributed by atoms with Gasteiger partial charge in [-0.05, 0) is 43.7 Å². The van der Waals surface area contributed by atoms with Gasteiger partial charge in [-0.25, -0.2) is 9.67 Å². The Kier molecular flexibility index (Phi) is 5.18. The van der Waals surface area contributed by atoms with Crippen molar-refractivity contribution in [3.8, 4) is 5.69 Å². The van der Waals surface area contributed by atoms with Gasteiger partial charge in [0.25, 0.3) is 5.56 Å². The van der Waals surface area contributed by atoms with E-state index in [1.807, 2.05) is 62.4 Å². The molecule has 0 aliphatic carbocycles. The third kappa shape index (κ3) is 4.22. The number of amides is 1. The number of aromatic amines is 1. The van der Waals surface area contributed by atoms with Crippen LogP contribution in [0.5, 0.6) is 0 Å². The van der Waals surface area contributed by atoms with Crippen molar-refractivity contribution in [2.24, 2.45) is 0 Å². The molecular formula is C21H19N5O2S. The average Bonchev–Trinajstić information content (AvgIpc) is 3.13. The van der Waals surface area contributed by atoms with Gasteiger partial charge in [0, 0.05) is 5.69 Å². The van der Waals surface area contributed by atoms with Gasteiger partial charge in [0.2, 0.25) is 5.91 Å². The summed E-state index contributed by atoms with van der Waals surface area (Å²) in [6, 6.07) is 15.4. The third-order valence-corrected chi connectivity index (χ3v) is 5.21. The molecule has 29 heavy (non-hydrogen) atoms. The zero-order valence-electron chi connectivity index (χ0n) is 16.0. The highest BCUT2D eigenvalue weighted by molar-refractivity contribution is 7.99. The van der Waals surface area contributed by atoms with Crippen LogP contribution < -0.4 is 10.9 Å². The predicted molar refractivity (Wildman–Crippen MR) is 115 cm³/mol. The smallest absolute Gasteiger partial charge is 0.262 e. The van der Waals surface area contributed by atoms with E-state index in [2.05, 4.69) is 20.4 Å². The van der Waals surface area contributed by atoms with Crippen LogP contribution in [-0.2, 0) is 4.79 Å². The van der Waals surface area contributed by atoms with Gasteiger partial charge in [-0.1, -0.05) is 41.6 Å². The van der Waals surface area contributed by atoms with Crippen LogP contribution in [0.3, 0.4) is 0 Å². The van der Waals surface area contributed by atoms with Gasteiger partial charge >= 0.3 is 0 Å². The quantitative estimate of drug-likeness (QED) is 0.392. The van der Waals surface area contributed by atoms with Crippen molar-refractivity contribution in [3.05, 3.63) is 76.2 Å². The molecule has 4 aromatic rings. The Morgan fingerprint density at radius 2 is 1.93 bits per heavy atom. The molecule has 0 fully saturated rings. The van der Waals surface area contributed by atoms with Gasteiger partial charge in [0.1, 0.15) is 5.39 Å². The Morgan fingerprint density at radius 3 is 2.69 bits per heavy atom. The lowest BCUT2D eigenvalue weighted by molar-refractivity contribution is -0.113. The molecule has 0 aliphatic heterocycles. The van der Waals surface area contributed by atoms with Crippen molar-refractivity contribution in [2.45, 2.75) is 19.0 Å². The molecule has 0 unspecified atom stereocenters. The lowest BCUT2D eigenvalue weighted by atomic mass is 10.2. The first-order valence-corrected chi connectivity index (χ1v) is 10.0. The molecule has 0 spiro atoms. The van der Waals surface area contributed by atoms with Crippen molar-refractivity contribution in [3.63, 3.8) is 0 Å². The number of benzene rings is 2. The topological polar surface area (TPSA) is 92.7 Å². The molecule has 0 radical (unpaired) electrons. The average molecular weight is 405 g/mol. The number of aryl methyl sites for hydroxylation is 2. The van der Waals surface area contributed by atoms with E-state index >= 15 is 0 Å². The molecule has 0 saturated heterocycles. The Bertz CT molecular complexity index is 1240. The van der Waals surface area contributed by atoms with Crippen LogP contribution >= 0.6 is 11.8 Å². The largest absolute Gasteiger partial charge is 0.325 e. The normalized spacial score (nSPS) is 11.0. The Labute approximate surface area is 171 Å². The number of aromatic nitrogens is 4. The summed E-state index contributed by atoms with van der Waals surface area (Å²) >= 11 is 1.17. The molecular weight excluding hydrogens is 386 g/mol. The third-order valence-electron chi connectivity index (χ3n) is 4.34. The summed E-state index contributed by atoms with van der Waals surface area (Å²) in [5.74, 6) is -0.0465. The maximum Gasteiger partial charge on any atom is 0.262 e. The summed E-state index contributed by atoms with van der Waals surface area (Å²) in [5, 5.41) is 7.92. The van der Waals surface area contributed by atoms with Gasteiger partial charge < -0.3 is 10.3 Å². The minimum absolute atomic E-state index is 0.126. The molecule has 7 nitrogen and oxygen atoms in total. The SMILES string of the molecule is Cc1ccc(NC(=O)CSc2nc3c(cnn3-c3cccc(C)c3)c(=O)[nH]2)cc1. The first kappa shape index (κ1) is 18.9. The second-order valence-electron chi connectivity index (χ2n) is 6.71. The van der Waals surface area contributed by atoms with Gasteiger partial charge in [0.15, 0.2) is 10.8 Å². The highest BCUT2D eigenvalue weighted by Crippen LogP contribution is 2.19. The highest BCUT2D eigenvalue weighted by atomic mass is 32.2. The van der Waals surface area contributed by atoms with Crippen LogP contribution in [0.4, 0.5) is 5.69 Å². The fraction of sp³-hybridized carbons (Fsp3) is 0.143. The number of thioether (sulfide) groups is 1. The predicted octanol–water partition coefficient (Wildman–Crippen LogP) is 3.46. The zero-order valence-corrected chi connectivity index (χ0v) is 16.8. The Morgan fingerprint density at radius 1 is 1.14 bits per heavy atom. The van der Waals surface area contributed by atoms with Crippen LogP contribution in [0.15, 0.2) is 64.7 Å². The van der Waals surface area contributed by atoms with Crippen LogP contribution in [0.2, 0.25) is 0 Å². The number of H-pyrrole nitrogens is 1. The van der Waals surface area contributed by atoms with Crippen molar-refractivity contribution >= 4 is 34.4 Å². The lowest BCUT2D eigenvalue weighted by Crippen LogP contribution is -2.15. The standard InChI is InChI=1S/C21H19N5O2S/c1-13-6-8-15(9-7-13)23-18(27)12-29-21-24-19-17(20(28)25-21)11-22-26(19)16-5-3-4-14(2)10-16/h3-11H,12H2,1-2H3,(H,23,27)(H,24,25,28). The summed E-state index contributed by atoms with van der Waals surface area (Å²) < 4.78 is 1.63. The number of carbonyl (C=O) groups excluding carboxylic acids is 1. The Balaban J connectivity index is 1.55. The molecule has 2 heterocycles. The molecule has 4 rings (SSSR count). The number of rotatable bonds is 5. The summed E-state index contributed by atoms with van der Waals surface area (Å²) in [5.41, 5.74) is 3.94. The summed E-state index contributed by atoms with van der Waals surface area (Å²) in [6.07, 6.45) is 1.50. The van der Waals surface area contributed by atoms with Crippen LogP contribution in [0.25, 0.3) is 16.7 Å². The van der Waals surface area contributed by atoms with Crippen LogP contribution in [0.1, 0.15) is 11.1 Å². The molecule has 0 bridgehead atoms. The van der Waals surface area contributed by atoms with E-state index < -0.39 is 0 Å². The van der Waals surface area contributed by atoms with Gasteiger partial charge in [-0.2, -0.15) is 5.10 Å². The monoisotopic (exact) mass is 405 g/mol. The fourth-order valence-corrected chi connectivity index (χ4v) is 3.54. The first-order valence-electron chi connectivity index (χ1n) is 9.04. The van der Waals surface area contributed by atoms with Gasteiger partial charge in [-0.15, -0.1) is 0 Å². The van der Waals surface area contributed by atoms with E-state index in [4.69, 9.17) is 0 Å². The summed E-state index contributed by atoms with van der Waals surface area (Å²) in [7, 11) is 0. The number of carbonyl (C=O) groups is 1. The first-order chi connectivity index (χ1) is 14.0. The second kappa shape index (κ2) is 7.92. The summed E-state index contributed by atoms with van der Waals surface area (Å²) in [6.45, 7) is 3.98. The van der Waals surface area contributed by atoms with Crippen molar-refractivity contribution in [1.29, 1.82) is 0 Å². The van der Waals surface area contributed by atoms with Crippen LogP contribution in [-0.4, -0.2) is 31.4 Å². The zero-order chi connectivity index (χ0) is 20.4. The van der Waals surface area contributed by atoms with E-state index in [1.165, 1.54) is 18.0 Å². The maximum atomic E-state index is 12.4. The molecule has 2 aromatic carbocycles. The van der Waals surface area contributed by atoms with E-state index in [0.717, 1.165) is 22.5 Å².